The maximum atomic E-state index is 12.8. The van der Waals surface area contributed by atoms with E-state index in [1.165, 1.54) is 0 Å². The maximum Gasteiger partial charge on any atom is 0.246 e. The lowest BCUT2D eigenvalue weighted by Gasteiger charge is -2.21. The first-order valence-electron chi connectivity index (χ1n) is 9.59. The molecule has 1 fully saturated rings. The molecule has 29 heavy (non-hydrogen) atoms. The van der Waals surface area contributed by atoms with Gasteiger partial charge in [0, 0.05) is 24.3 Å². The summed E-state index contributed by atoms with van der Waals surface area (Å²) in [5.74, 6) is -0.309. The van der Waals surface area contributed by atoms with Crippen LogP contribution in [0.5, 0.6) is 0 Å². The Morgan fingerprint density at radius 3 is 2.41 bits per heavy atom. The average Bonchev–Trinajstić information content (AvgIpc) is 3.14. The average molecular weight is 412 g/mol. The van der Waals surface area contributed by atoms with Gasteiger partial charge in [-0.05, 0) is 42.7 Å². The number of benzene rings is 2. The summed E-state index contributed by atoms with van der Waals surface area (Å²) in [5.41, 5.74) is 1.47. The summed E-state index contributed by atoms with van der Waals surface area (Å²) in [6.07, 6.45) is 2.63. The molecule has 0 saturated carbocycles. The van der Waals surface area contributed by atoms with E-state index >= 15 is 0 Å². The van der Waals surface area contributed by atoms with Crippen molar-refractivity contribution in [2.45, 2.75) is 18.9 Å². The lowest BCUT2D eigenvalue weighted by atomic mass is 10.1. The zero-order valence-corrected chi connectivity index (χ0v) is 17.2. The van der Waals surface area contributed by atoms with E-state index in [2.05, 4.69) is 10.6 Å². The number of nitrogens with zero attached hydrogens (tertiary/aromatic N) is 1. The minimum atomic E-state index is -0.643. The number of carbonyl (C=O) groups is 3. The highest BCUT2D eigenvalue weighted by atomic mass is 32.2. The van der Waals surface area contributed by atoms with Gasteiger partial charge >= 0.3 is 0 Å². The second-order valence-electron chi connectivity index (χ2n) is 6.94. The molecule has 1 unspecified atom stereocenters. The van der Waals surface area contributed by atoms with E-state index in [1.807, 2.05) is 54.8 Å². The molecule has 1 heterocycles. The summed E-state index contributed by atoms with van der Waals surface area (Å²) in [7, 11) is 0. The van der Waals surface area contributed by atoms with Crippen LogP contribution in [0.25, 0.3) is 0 Å². The van der Waals surface area contributed by atoms with Crippen LogP contribution in [0.15, 0.2) is 60.7 Å². The van der Waals surface area contributed by atoms with E-state index in [0.717, 1.165) is 11.4 Å². The number of anilines is 2. The van der Waals surface area contributed by atoms with Crippen molar-refractivity contribution in [3.8, 4) is 0 Å². The molecule has 0 spiro atoms. The minimum Gasteiger partial charge on any atom is -0.344 e. The van der Waals surface area contributed by atoms with Crippen molar-refractivity contribution in [1.29, 1.82) is 0 Å². The van der Waals surface area contributed by atoms with E-state index in [9.17, 15) is 14.4 Å². The van der Waals surface area contributed by atoms with Gasteiger partial charge in [-0.2, -0.15) is 11.8 Å². The van der Waals surface area contributed by atoms with Crippen LogP contribution in [0.1, 0.15) is 12.8 Å². The Labute approximate surface area is 175 Å². The first-order chi connectivity index (χ1) is 14.1. The van der Waals surface area contributed by atoms with E-state index in [4.69, 9.17) is 0 Å². The third kappa shape index (κ3) is 5.60. The molecule has 6 nitrogen and oxygen atoms in total. The van der Waals surface area contributed by atoms with Crippen molar-refractivity contribution in [3.05, 3.63) is 60.7 Å². The van der Waals surface area contributed by atoms with Crippen molar-refractivity contribution < 1.29 is 14.4 Å². The fourth-order valence-corrected chi connectivity index (χ4v) is 3.76. The van der Waals surface area contributed by atoms with Crippen LogP contribution in [0, 0.1) is 5.92 Å². The first-order valence-corrected chi connectivity index (χ1v) is 11.0. The Kier molecular flexibility index (Phi) is 7.30. The van der Waals surface area contributed by atoms with Gasteiger partial charge in [0.1, 0.15) is 6.04 Å². The molecule has 152 valence electrons. The largest absolute Gasteiger partial charge is 0.344 e. The molecule has 3 rings (SSSR count). The maximum absolute atomic E-state index is 12.8. The van der Waals surface area contributed by atoms with Gasteiger partial charge in [-0.15, -0.1) is 0 Å². The molecule has 2 N–H and O–H groups in total. The fraction of sp³-hybridized carbons (Fsp3) is 0.318. The Balaban J connectivity index is 1.63. The van der Waals surface area contributed by atoms with Crippen LogP contribution in [-0.4, -0.2) is 42.3 Å². The fourth-order valence-electron chi connectivity index (χ4n) is 3.29. The highest BCUT2D eigenvalue weighted by Crippen LogP contribution is 2.25. The molecular formula is C22H25N3O3S. The van der Waals surface area contributed by atoms with Crippen LogP contribution < -0.4 is 15.5 Å². The second kappa shape index (κ2) is 10.1. The SMILES string of the molecule is CSCC[C@@H](NC(=O)C1CC(=O)N(c2ccccc2)C1)C(=O)Nc1ccccc1. The summed E-state index contributed by atoms with van der Waals surface area (Å²) in [4.78, 5) is 39.5. The predicted octanol–water partition coefficient (Wildman–Crippen LogP) is 2.92. The lowest BCUT2D eigenvalue weighted by Crippen LogP contribution is -2.46. The quantitative estimate of drug-likeness (QED) is 0.700. The molecule has 0 bridgehead atoms. The topological polar surface area (TPSA) is 78.5 Å². The predicted molar refractivity (Wildman–Crippen MR) is 117 cm³/mol. The van der Waals surface area contributed by atoms with Gasteiger partial charge in [0.05, 0.1) is 5.92 Å². The summed E-state index contributed by atoms with van der Waals surface area (Å²) >= 11 is 1.62. The monoisotopic (exact) mass is 411 g/mol. The van der Waals surface area contributed by atoms with Gasteiger partial charge in [-0.1, -0.05) is 36.4 Å². The lowest BCUT2D eigenvalue weighted by molar-refractivity contribution is -0.129. The van der Waals surface area contributed by atoms with Crippen LogP contribution >= 0.6 is 11.8 Å². The molecule has 3 amide bonds. The second-order valence-corrected chi connectivity index (χ2v) is 7.92. The van der Waals surface area contributed by atoms with E-state index in [1.54, 1.807) is 28.8 Å². The first kappa shape index (κ1) is 20.9. The van der Waals surface area contributed by atoms with Crippen molar-refractivity contribution in [1.82, 2.24) is 5.32 Å². The molecule has 2 aromatic carbocycles. The van der Waals surface area contributed by atoms with Crippen LogP contribution in [0.2, 0.25) is 0 Å². The van der Waals surface area contributed by atoms with E-state index in [-0.39, 0.29) is 24.1 Å². The molecule has 1 aliphatic heterocycles. The third-order valence-corrected chi connectivity index (χ3v) is 5.49. The van der Waals surface area contributed by atoms with Gasteiger partial charge in [-0.3, -0.25) is 14.4 Å². The molecule has 2 atom stereocenters. The zero-order valence-electron chi connectivity index (χ0n) is 16.3. The number of hydrogen-bond donors (Lipinski definition) is 2. The zero-order chi connectivity index (χ0) is 20.6. The van der Waals surface area contributed by atoms with Crippen LogP contribution in [-0.2, 0) is 14.4 Å². The summed E-state index contributed by atoms with van der Waals surface area (Å²) in [6.45, 7) is 0.324. The highest BCUT2D eigenvalue weighted by Gasteiger charge is 2.36. The van der Waals surface area contributed by atoms with E-state index in [0.29, 0.717) is 18.7 Å². The molecule has 0 aromatic heterocycles. The molecule has 7 heteroatoms. The standard InChI is InChI=1S/C22H25N3O3S/c1-29-13-12-19(22(28)23-17-8-4-2-5-9-17)24-21(27)16-14-20(26)25(15-16)18-10-6-3-7-11-18/h2-11,16,19H,12-15H2,1H3,(H,23,28)(H,24,27)/t16?,19-/m1/s1. The number of thioether (sulfide) groups is 1. The highest BCUT2D eigenvalue weighted by molar-refractivity contribution is 7.98. The Bertz CT molecular complexity index is 845. The Morgan fingerprint density at radius 1 is 1.10 bits per heavy atom. The van der Waals surface area contributed by atoms with Crippen LogP contribution in [0.4, 0.5) is 11.4 Å². The van der Waals surface area contributed by atoms with Gasteiger partial charge in [-0.25, -0.2) is 0 Å². The van der Waals surface area contributed by atoms with Gasteiger partial charge in [0.25, 0.3) is 0 Å². The third-order valence-electron chi connectivity index (χ3n) is 4.85. The van der Waals surface area contributed by atoms with Crippen molar-refractivity contribution >= 4 is 40.9 Å². The number of hydrogen-bond acceptors (Lipinski definition) is 4. The van der Waals surface area contributed by atoms with E-state index < -0.39 is 12.0 Å². The molecule has 0 aliphatic carbocycles. The molecule has 2 aromatic rings. The molecule has 1 aliphatic rings. The van der Waals surface area contributed by atoms with Crippen LogP contribution in [0.3, 0.4) is 0 Å². The van der Waals surface area contributed by atoms with Crippen molar-refractivity contribution in [3.63, 3.8) is 0 Å². The van der Waals surface area contributed by atoms with Gasteiger partial charge < -0.3 is 15.5 Å². The number of rotatable bonds is 8. The number of carbonyl (C=O) groups excluding carboxylic acids is 3. The Morgan fingerprint density at radius 2 is 1.76 bits per heavy atom. The summed E-state index contributed by atoms with van der Waals surface area (Å²) < 4.78 is 0. The van der Waals surface area contributed by atoms with Crippen molar-refractivity contribution in [2.75, 3.05) is 28.8 Å². The van der Waals surface area contributed by atoms with Gasteiger partial charge in [0.15, 0.2) is 0 Å². The van der Waals surface area contributed by atoms with Crippen molar-refractivity contribution in [2.24, 2.45) is 5.92 Å². The smallest absolute Gasteiger partial charge is 0.246 e. The number of para-hydroxylation sites is 2. The summed E-state index contributed by atoms with van der Waals surface area (Å²) in [6, 6.07) is 17.8. The molecule has 1 saturated heterocycles. The number of amides is 3. The molecular weight excluding hydrogens is 386 g/mol. The normalized spacial score (nSPS) is 17.1. The van der Waals surface area contributed by atoms with Gasteiger partial charge in [0.2, 0.25) is 17.7 Å². The summed E-state index contributed by atoms with van der Waals surface area (Å²) in [5, 5.41) is 5.71. The molecule has 0 radical (unpaired) electrons. The minimum absolute atomic E-state index is 0.0780. The Hall–Kier alpha value is -2.80. The number of nitrogens with one attached hydrogen (secondary N) is 2.